The normalized spacial score (nSPS) is 12.2. The predicted octanol–water partition coefficient (Wildman–Crippen LogP) is 5.31. The number of carbonyl (C=O) groups is 2. The van der Waals surface area contributed by atoms with Crippen LogP contribution in [0.25, 0.3) is 0 Å². The highest BCUT2D eigenvalue weighted by atomic mass is 35.5. The number of hydrogen-bond acceptors (Lipinski definition) is 4. The van der Waals surface area contributed by atoms with Gasteiger partial charge in [0.15, 0.2) is 0 Å². The second kappa shape index (κ2) is 14.0. The Balaban J connectivity index is 2.09. The van der Waals surface area contributed by atoms with E-state index in [4.69, 9.17) is 23.2 Å². The van der Waals surface area contributed by atoms with Crippen molar-refractivity contribution in [3.8, 4) is 0 Å². The Morgan fingerprint density at radius 2 is 1.57 bits per heavy atom. The fraction of sp³-hybridized carbons (Fsp3) is 0.310. The molecule has 11 heteroatoms. The summed E-state index contributed by atoms with van der Waals surface area (Å²) < 4.78 is 40.3. The van der Waals surface area contributed by atoms with Crippen molar-refractivity contribution in [1.82, 2.24) is 10.2 Å². The number of anilines is 1. The smallest absolute Gasteiger partial charge is 0.244 e. The number of rotatable bonds is 12. The summed E-state index contributed by atoms with van der Waals surface area (Å²) in [6, 6.07) is 18.0. The molecule has 0 unspecified atom stereocenters. The summed E-state index contributed by atoms with van der Waals surface area (Å²) in [4.78, 5) is 28.9. The minimum atomic E-state index is -4.01. The molecule has 0 saturated carbocycles. The van der Waals surface area contributed by atoms with E-state index in [1.54, 1.807) is 18.2 Å². The number of halogens is 3. The van der Waals surface area contributed by atoms with Gasteiger partial charge in [-0.2, -0.15) is 0 Å². The highest BCUT2D eigenvalue weighted by Gasteiger charge is 2.33. The average molecular weight is 609 g/mol. The first kappa shape index (κ1) is 31.4. The Bertz CT molecular complexity index is 1420. The third-order valence-electron chi connectivity index (χ3n) is 6.12. The van der Waals surface area contributed by atoms with Gasteiger partial charge in [0.1, 0.15) is 18.4 Å². The molecule has 1 N–H and O–H groups in total. The third kappa shape index (κ3) is 8.68. The van der Waals surface area contributed by atoms with Crippen molar-refractivity contribution in [3.63, 3.8) is 0 Å². The number of benzene rings is 3. The number of nitrogens with zero attached hydrogens (tertiary/aromatic N) is 2. The Labute approximate surface area is 244 Å². The summed E-state index contributed by atoms with van der Waals surface area (Å²) in [5, 5.41) is 3.47. The molecule has 1 atom stereocenters. The van der Waals surface area contributed by atoms with Crippen LogP contribution in [0.2, 0.25) is 10.0 Å². The minimum absolute atomic E-state index is 0.0181. The van der Waals surface area contributed by atoms with Crippen molar-refractivity contribution in [1.29, 1.82) is 0 Å². The van der Waals surface area contributed by atoms with Crippen LogP contribution in [0.1, 0.15) is 25.0 Å². The first-order valence-electron chi connectivity index (χ1n) is 12.6. The maximum atomic E-state index is 14.0. The van der Waals surface area contributed by atoms with Crippen molar-refractivity contribution in [2.24, 2.45) is 5.92 Å². The van der Waals surface area contributed by atoms with Crippen molar-refractivity contribution < 1.29 is 22.4 Å². The first-order chi connectivity index (χ1) is 18.9. The fourth-order valence-corrected chi connectivity index (χ4v) is 5.43. The SMILES string of the molecule is CC(C)CNC(=O)[C@H](Cc1ccccc1)N(Cc1c(Cl)cccc1Cl)C(=O)CN(c1cccc(F)c1)S(C)(=O)=O. The largest absolute Gasteiger partial charge is 0.354 e. The van der Waals surface area contributed by atoms with E-state index in [0.29, 0.717) is 12.1 Å². The van der Waals surface area contributed by atoms with Gasteiger partial charge < -0.3 is 10.2 Å². The summed E-state index contributed by atoms with van der Waals surface area (Å²) >= 11 is 12.9. The lowest BCUT2D eigenvalue weighted by atomic mass is 10.0. The summed E-state index contributed by atoms with van der Waals surface area (Å²) in [7, 11) is -4.01. The van der Waals surface area contributed by atoms with Crippen molar-refractivity contribution in [2.45, 2.75) is 32.9 Å². The Hall–Kier alpha value is -3.14. The number of hydrogen-bond donors (Lipinski definition) is 1. The molecule has 3 aromatic carbocycles. The van der Waals surface area contributed by atoms with Crippen LogP contribution in [-0.2, 0) is 32.6 Å². The lowest BCUT2D eigenvalue weighted by Crippen LogP contribution is -2.53. The molecule has 0 aliphatic rings. The van der Waals surface area contributed by atoms with Gasteiger partial charge in [-0.05, 0) is 41.8 Å². The molecule has 7 nitrogen and oxygen atoms in total. The number of nitrogens with one attached hydrogen (secondary N) is 1. The zero-order chi connectivity index (χ0) is 29.4. The molecule has 0 aromatic heterocycles. The molecular weight excluding hydrogens is 576 g/mol. The fourth-order valence-electron chi connectivity index (χ4n) is 4.08. The molecule has 0 aliphatic heterocycles. The van der Waals surface area contributed by atoms with Gasteiger partial charge in [0, 0.05) is 35.1 Å². The van der Waals surface area contributed by atoms with Gasteiger partial charge in [-0.3, -0.25) is 13.9 Å². The Kier molecular flexibility index (Phi) is 11.0. The molecule has 0 radical (unpaired) electrons. The molecule has 0 bridgehead atoms. The van der Waals surface area contributed by atoms with Gasteiger partial charge in [0.2, 0.25) is 21.8 Å². The van der Waals surface area contributed by atoms with E-state index in [-0.39, 0.29) is 34.6 Å². The molecule has 0 aliphatic carbocycles. The van der Waals surface area contributed by atoms with Crippen LogP contribution in [0.4, 0.5) is 10.1 Å². The lowest BCUT2D eigenvalue weighted by Gasteiger charge is -2.34. The quantitative estimate of drug-likeness (QED) is 0.302. The minimum Gasteiger partial charge on any atom is -0.354 e. The van der Waals surface area contributed by atoms with Crippen molar-refractivity contribution in [3.05, 3.63) is 99.8 Å². The lowest BCUT2D eigenvalue weighted by molar-refractivity contribution is -0.140. The summed E-state index contributed by atoms with van der Waals surface area (Å²) in [6.07, 6.45) is 1.08. The van der Waals surface area contributed by atoms with Gasteiger partial charge in [-0.1, -0.05) is 79.5 Å². The Morgan fingerprint density at radius 1 is 0.950 bits per heavy atom. The number of carbonyl (C=O) groups excluding carboxylic acids is 2. The van der Waals surface area contributed by atoms with Crippen molar-refractivity contribution in [2.75, 3.05) is 23.7 Å². The van der Waals surface area contributed by atoms with E-state index in [9.17, 15) is 22.4 Å². The molecule has 0 spiro atoms. The van der Waals surface area contributed by atoms with E-state index >= 15 is 0 Å². The van der Waals surface area contributed by atoms with Gasteiger partial charge in [-0.15, -0.1) is 0 Å². The first-order valence-corrected chi connectivity index (χ1v) is 15.2. The molecule has 0 heterocycles. The summed E-state index contributed by atoms with van der Waals surface area (Å²) in [5.74, 6) is -1.61. The molecular formula is C29H32Cl2FN3O4S. The van der Waals surface area contributed by atoms with E-state index in [0.717, 1.165) is 22.2 Å². The van der Waals surface area contributed by atoms with Gasteiger partial charge >= 0.3 is 0 Å². The summed E-state index contributed by atoms with van der Waals surface area (Å²) in [5.41, 5.74) is 1.18. The van der Waals surface area contributed by atoms with Crippen LogP contribution in [-0.4, -0.2) is 50.5 Å². The average Bonchev–Trinajstić information content (AvgIpc) is 2.89. The summed E-state index contributed by atoms with van der Waals surface area (Å²) in [6.45, 7) is 3.43. The zero-order valence-electron chi connectivity index (χ0n) is 22.5. The topological polar surface area (TPSA) is 86.8 Å². The molecule has 214 valence electrons. The molecule has 0 fully saturated rings. The van der Waals surface area contributed by atoms with E-state index in [2.05, 4.69) is 5.32 Å². The third-order valence-corrected chi connectivity index (χ3v) is 7.97. The highest BCUT2D eigenvalue weighted by molar-refractivity contribution is 7.92. The van der Waals surface area contributed by atoms with E-state index in [1.165, 1.54) is 23.1 Å². The van der Waals surface area contributed by atoms with Crippen LogP contribution in [0.3, 0.4) is 0 Å². The second-order valence-electron chi connectivity index (χ2n) is 9.82. The molecule has 3 rings (SSSR count). The van der Waals surface area contributed by atoms with Crippen LogP contribution >= 0.6 is 23.2 Å². The van der Waals surface area contributed by atoms with Gasteiger partial charge in [0.25, 0.3) is 0 Å². The highest BCUT2D eigenvalue weighted by Crippen LogP contribution is 2.28. The molecule has 2 amide bonds. The maximum absolute atomic E-state index is 14.0. The molecule has 0 saturated heterocycles. The monoisotopic (exact) mass is 607 g/mol. The molecule has 40 heavy (non-hydrogen) atoms. The van der Waals surface area contributed by atoms with E-state index in [1.807, 2.05) is 44.2 Å². The standard InChI is InChI=1S/C29H32Cl2FN3O4S/c1-20(2)17-33-29(37)27(15-21-9-5-4-6-10-21)34(18-24-25(30)13-8-14-26(24)31)28(36)19-35(40(3,38)39)23-12-7-11-22(32)16-23/h4-14,16,20,27H,15,17-19H2,1-3H3,(H,33,37)/t27-/m0/s1. The van der Waals surface area contributed by atoms with Gasteiger partial charge in [-0.25, -0.2) is 12.8 Å². The van der Waals surface area contributed by atoms with E-state index < -0.39 is 40.2 Å². The Morgan fingerprint density at radius 3 is 2.15 bits per heavy atom. The van der Waals surface area contributed by atoms with Gasteiger partial charge in [0.05, 0.1) is 11.9 Å². The van der Waals surface area contributed by atoms with Crippen LogP contribution in [0, 0.1) is 11.7 Å². The number of sulfonamides is 1. The van der Waals surface area contributed by atoms with Crippen LogP contribution in [0.15, 0.2) is 72.8 Å². The molecule has 3 aromatic rings. The van der Waals surface area contributed by atoms with Crippen molar-refractivity contribution >= 4 is 50.7 Å². The van der Waals surface area contributed by atoms with Crippen LogP contribution < -0.4 is 9.62 Å². The second-order valence-corrected chi connectivity index (χ2v) is 12.5. The zero-order valence-corrected chi connectivity index (χ0v) is 24.8. The predicted molar refractivity (Wildman–Crippen MR) is 157 cm³/mol. The number of amides is 2. The maximum Gasteiger partial charge on any atom is 0.244 e. The van der Waals surface area contributed by atoms with Crippen LogP contribution in [0.5, 0.6) is 0 Å².